The SMILES string of the molecule is C=C(/C=C(/C#N)C=N)c1cccc(-c2c3ccccc3c(-c3c4ccccc4c(-c4cccc(/C(C)=C/C(C#N)=C\N)c4)c4ccccc34)c3ccccc23)c1. The summed E-state index contributed by atoms with van der Waals surface area (Å²) < 4.78 is 0. The molecule has 0 aliphatic carbocycles. The summed E-state index contributed by atoms with van der Waals surface area (Å²) in [6.45, 7) is 6.25. The average Bonchev–Trinajstić information content (AvgIpc) is 3.25. The summed E-state index contributed by atoms with van der Waals surface area (Å²) in [5, 5.41) is 35.8. The molecule has 0 saturated heterocycles. The number of rotatable bonds is 8. The topological polar surface area (TPSA) is 97.5 Å². The van der Waals surface area contributed by atoms with Gasteiger partial charge in [0.1, 0.15) is 12.1 Å². The van der Waals surface area contributed by atoms with Crippen LogP contribution in [0.5, 0.6) is 0 Å². The average molecular weight is 717 g/mol. The fourth-order valence-corrected chi connectivity index (χ4v) is 8.02. The Morgan fingerprint density at radius 2 is 0.893 bits per heavy atom. The van der Waals surface area contributed by atoms with Crippen molar-refractivity contribution >= 4 is 60.5 Å². The molecule has 0 heterocycles. The molecule has 56 heavy (non-hydrogen) atoms. The Morgan fingerprint density at radius 3 is 1.27 bits per heavy atom. The highest BCUT2D eigenvalue weighted by atomic mass is 14.5. The van der Waals surface area contributed by atoms with Gasteiger partial charge in [0.05, 0.1) is 11.1 Å². The minimum Gasteiger partial charge on any atom is -0.404 e. The lowest BCUT2D eigenvalue weighted by molar-refractivity contribution is 1.45. The van der Waals surface area contributed by atoms with Gasteiger partial charge in [-0.15, -0.1) is 0 Å². The first-order chi connectivity index (χ1) is 27.4. The normalized spacial score (nSPS) is 12.2. The van der Waals surface area contributed by atoms with Crippen LogP contribution in [0.4, 0.5) is 0 Å². The molecule has 4 heteroatoms. The molecule has 0 amide bonds. The van der Waals surface area contributed by atoms with E-state index in [4.69, 9.17) is 11.1 Å². The first kappa shape index (κ1) is 35.3. The number of nitrogens with two attached hydrogens (primary N) is 1. The lowest BCUT2D eigenvalue weighted by Crippen LogP contribution is -1.95. The maximum absolute atomic E-state index is 9.53. The van der Waals surface area contributed by atoms with E-state index in [1.54, 1.807) is 6.08 Å². The second kappa shape index (κ2) is 14.9. The molecule has 0 aliphatic heterocycles. The van der Waals surface area contributed by atoms with E-state index in [9.17, 15) is 10.5 Å². The monoisotopic (exact) mass is 716 g/mol. The highest BCUT2D eigenvalue weighted by molar-refractivity contribution is 6.30. The van der Waals surface area contributed by atoms with Crippen molar-refractivity contribution in [1.82, 2.24) is 0 Å². The van der Waals surface area contributed by atoms with Crippen LogP contribution in [0.1, 0.15) is 18.1 Å². The Hall–Kier alpha value is -7.79. The number of allylic oxidation sites excluding steroid dienone is 6. The Bertz CT molecular complexity index is 2990. The number of nitrogens with one attached hydrogen (secondary N) is 1. The van der Waals surface area contributed by atoms with Crippen LogP contribution in [0.2, 0.25) is 0 Å². The number of hydrogen-bond acceptors (Lipinski definition) is 4. The Morgan fingerprint density at radius 1 is 0.518 bits per heavy atom. The van der Waals surface area contributed by atoms with Crippen molar-refractivity contribution < 1.29 is 0 Å². The molecule has 8 aromatic rings. The van der Waals surface area contributed by atoms with Gasteiger partial charge in [-0.05, 0) is 130 Å². The second-order valence-electron chi connectivity index (χ2n) is 13.8. The van der Waals surface area contributed by atoms with Crippen LogP contribution >= 0.6 is 0 Å². The zero-order valence-electron chi connectivity index (χ0n) is 30.8. The van der Waals surface area contributed by atoms with Crippen molar-refractivity contribution in [3.05, 3.63) is 193 Å². The first-order valence-corrected chi connectivity index (χ1v) is 18.4. The van der Waals surface area contributed by atoms with E-state index in [1.807, 2.05) is 25.1 Å². The third kappa shape index (κ3) is 6.12. The largest absolute Gasteiger partial charge is 0.404 e. The highest BCUT2D eigenvalue weighted by Gasteiger charge is 2.22. The number of nitrogens with zero attached hydrogens (tertiary/aromatic N) is 2. The van der Waals surface area contributed by atoms with Crippen molar-refractivity contribution in [1.29, 1.82) is 15.9 Å². The lowest BCUT2D eigenvalue weighted by atomic mass is 9.80. The fraction of sp³-hybridized carbons (Fsp3) is 0.0192. The molecule has 8 rings (SSSR count). The van der Waals surface area contributed by atoms with Crippen LogP contribution < -0.4 is 5.73 Å². The zero-order chi connectivity index (χ0) is 38.8. The molecule has 0 saturated carbocycles. The Balaban J connectivity index is 1.43. The fourth-order valence-electron chi connectivity index (χ4n) is 8.02. The molecular formula is C52H36N4. The number of benzene rings is 8. The van der Waals surface area contributed by atoms with E-state index in [1.165, 1.54) is 17.3 Å². The minimum atomic E-state index is 0.250. The van der Waals surface area contributed by atoms with E-state index in [2.05, 4.69) is 152 Å². The van der Waals surface area contributed by atoms with Gasteiger partial charge >= 0.3 is 0 Å². The molecule has 8 aromatic carbocycles. The molecule has 0 atom stereocenters. The third-order valence-electron chi connectivity index (χ3n) is 10.5. The predicted octanol–water partition coefficient (Wildman–Crippen LogP) is 13.2. The summed E-state index contributed by atoms with van der Waals surface area (Å²) in [4.78, 5) is 0. The number of nitriles is 2. The van der Waals surface area contributed by atoms with E-state index in [0.717, 1.165) is 88.3 Å². The first-order valence-electron chi connectivity index (χ1n) is 18.4. The maximum Gasteiger partial charge on any atom is 0.101 e. The van der Waals surface area contributed by atoms with Gasteiger partial charge in [-0.2, -0.15) is 10.5 Å². The van der Waals surface area contributed by atoms with Crippen LogP contribution in [0.3, 0.4) is 0 Å². The molecule has 264 valence electrons. The third-order valence-corrected chi connectivity index (χ3v) is 10.5. The molecule has 0 fully saturated rings. The summed E-state index contributed by atoms with van der Waals surface area (Å²) in [5.41, 5.74) is 16.7. The van der Waals surface area contributed by atoms with Gasteiger partial charge in [0, 0.05) is 12.4 Å². The van der Waals surface area contributed by atoms with Crippen molar-refractivity contribution in [2.45, 2.75) is 6.92 Å². The molecule has 0 spiro atoms. The van der Waals surface area contributed by atoms with Crippen LogP contribution in [-0.2, 0) is 0 Å². The van der Waals surface area contributed by atoms with Gasteiger partial charge in [0.2, 0.25) is 0 Å². The second-order valence-corrected chi connectivity index (χ2v) is 13.8. The van der Waals surface area contributed by atoms with E-state index >= 15 is 0 Å². The lowest BCUT2D eigenvalue weighted by Gasteiger charge is -2.22. The molecular weight excluding hydrogens is 681 g/mol. The highest BCUT2D eigenvalue weighted by Crippen LogP contribution is 2.50. The number of fused-ring (bicyclic) bond motifs is 4. The molecule has 0 aromatic heterocycles. The van der Waals surface area contributed by atoms with Crippen LogP contribution in [0.25, 0.3) is 87.6 Å². The Labute approximate surface area is 326 Å². The van der Waals surface area contributed by atoms with Gasteiger partial charge in [-0.25, -0.2) is 0 Å². The van der Waals surface area contributed by atoms with Crippen LogP contribution in [0.15, 0.2) is 182 Å². The van der Waals surface area contributed by atoms with Gasteiger partial charge in [0.15, 0.2) is 0 Å². The Kier molecular flexibility index (Phi) is 9.39. The summed E-state index contributed by atoms with van der Waals surface area (Å²) in [5.74, 6) is 0. The summed E-state index contributed by atoms with van der Waals surface area (Å²) >= 11 is 0. The van der Waals surface area contributed by atoms with Crippen molar-refractivity contribution in [2.24, 2.45) is 5.73 Å². The molecule has 4 nitrogen and oxygen atoms in total. The minimum absolute atomic E-state index is 0.250. The quantitative estimate of drug-likeness (QED) is 0.0709. The van der Waals surface area contributed by atoms with Gasteiger partial charge in [-0.1, -0.05) is 140 Å². The van der Waals surface area contributed by atoms with Crippen molar-refractivity contribution in [3.8, 4) is 45.5 Å². The van der Waals surface area contributed by atoms with Crippen molar-refractivity contribution in [3.63, 3.8) is 0 Å². The van der Waals surface area contributed by atoms with E-state index in [0.29, 0.717) is 11.1 Å². The van der Waals surface area contributed by atoms with Crippen molar-refractivity contribution in [2.75, 3.05) is 0 Å². The van der Waals surface area contributed by atoms with E-state index < -0.39 is 0 Å². The molecule has 3 N–H and O–H groups in total. The summed E-state index contributed by atoms with van der Waals surface area (Å²) in [7, 11) is 0. The van der Waals surface area contributed by atoms with Gasteiger partial charge < -0.3 is 11.1 Å². The van der Waals surface area contributed by atoms with Crippen LogP contribution in [-0.4, -0.2) is 6.21 Å². The standard InChI is InChI=1S/C52H36N4/c1-33(25-35(29-53)30-54)37-13-11-15-39(27-37)49-41-17-3-7-21-45(41)51(46-22-8-4-18-42(46)49)52-47-23-9-5-19-43(47)50(44-20-6-10-24-48(44)52)40-16-12-14-38(28-40)34(2)26-36(31-55)32-56/h3-29,31,53H,1,55H2,2H3/b34-26+,35-25+,36-31+,53-29?. The van der Waals surface area contributed by atoms with Crippen LogP contribution in [0, 0.1) is 28.1 Å². The smallest absolute Gasteiger partial charge is 0.101 e. The summed E-state index contributed by atoms with van der Waals surface area (Å²) in [6, 6.07) is 55.8. The van der Waals surface area contributed by atoms with E-state index in [-0.39, 0.29) is 5.57 Å². The maximum atomic E-state index is 9.53. The molecule has 0 unspecified atom stereocenters. The predicted molar refractivity (Wildman–Crippen MR) is 236 cm³/mol. The number of hydrogen-bond donors (Lipinski definition) is 2. The molecule has 0 radical (unpaired) electrons. The zero-order valence-corrected chi connectivity index (χ0v) is 30.8. The summed E-state index contributed by atoms with van der Waals surface area (Å²) in [6.07, 6.45) is 5.87. The molecule has 0 bridgehead atoms. The van der Waals surface area contributed by atoms with Gasteiger partial charge in [0.25, 0.3) is 0 Å². The van der Waals surface area contributed by atoms with Gasteiger partial charge in [-0.3, -0.25) is 0 Å². The molecule has 0 aliphatic rings.